The number of amides is 1. The third-order valence-electron chi connectivity index (χ3n) is 7.01. The van der Waals surface area contributed by atoms with Gasteiger partial charge in [-0.25, -0.2) is 0 Å². The van der Waals surface area contributed by atoms with Gasteiger partial charge in [0.2, 0.25) is 0 Å². The summed E-state index contributed by atoms with van der Waals surface area (Å²) in [4.78, 5) is 31.7. The molecule has 2 N–H and O–H groups in total. The third-order valence-corrected chi connectivity index (χ3v) is 7.01. The molecule has 5 rings (SSSR count). The lowest BCUT2D eigenvalue weighted by Crippen LogP contribution is -2.31. The first-order chi connectivity index (χ1) is 19.0. The lowest BCUT2D eigenvalue weighted by molar-refractivity contribution is -0.139. The summed E-state index contributed by atoms with van der Waals surface area (Å²) in [6, 6.07) is 19.0. The van der Waals surface area contributed by atoms with Gasteiger partial charge in [-0.2, -0.15) is 0 Å². The molecule has 39 heavy (non-hydrogen) atoms. The summed E-state index contributed by atoms with van der Waals surface area (Å²) in [6.07, 6.45) is 2.43. The molecule has 0 saturated carbocycles. The fraction of sp³-hybridized carbons (Fsp3) is 0.226. The van der Waals surface area contributed by atoms with Crippen LogP contribution in [0.1, 0.15) is 29.7 Å². The van der Waals surface area contributed by atoms with E-state index in [0.29, 0.717) is 41.4 Å². The topological polar surface area (TPSA) is 101 Å². The number of ketones is 1. The highest BCUT2D eigenvalue weighted by Crippen LogP contribution is 2.44. The number of Topliss-reactive ketones (excluding diaryl/α,β-unsaturated/α-hetero) is 1. The number of para-hydroxylation sites is 1. The maximum Gasteiger partial charge on any atom is 0.295 e. The van der Waals surface area contributed by atoms with E-state index in [1.54, 1.807) is 49.6 Å². The Bertz CT molecular complexity index is 1550. The highest BCUT2D eigenvalue weighted by molar-refractivity contribution is 6.46. The Morgan fingerprint density at radius 1 is 0.974 bits per heavy atom. The molecule has 0 bridgehead atoms. The van der Waals surface area contributed by atoms with Crippen LogP contribution in [0.25, 0.3) is 16.7 Å². The molecule has 1 unspecified atom stereocenters. The van der Waals surface area contributed by atoms with E-state index >= 15 is 0 Å². The smallest absolute Gasteiger partial charge is 0.295 e. The van der Waals surface area contributed by atoms with Gasteiger partial charge in [0.15, 0.2) is 0 Å². The predicted molar refractivity (Wildman–Crippen MR) is 148 cm³/mol. The molecular weight excluding hydrogens is 496 g/mol. The number of aromatic amines is 1. The molecule has 8 nitrogen and oxygen atoms in total. The number of methoxy groups -OCH3 is 2. The van der Waals surface area contributed by atoms with Crippen LogP contribution in [0.3, 0.4) is 0 Å². The Hall–Kier alpha value is -4.72. The number of nitrogens with one attached hydrogen (secondary N) is 1. The van der Waals surface area contributed by atoms with Crippen molar-refractivity contribution in [1.29, 1.82) is 0 Å². The highest BCUT2D eigenvalue weighted by atomic mass is 16.5. The average molecular weight is 527 g/mol. The fourth-order valence-corrected chi connectivity index (χ4v) is 5.09. The number of hydrogen-bond acceptors (Lipinski definition) is 6. The largest absolute Gasteiger partial charge is 0.507 e. The summed E-state index contributed by atoms with van der Waals surface area (Å²) in [5.74, 6) is -0.0300. The van der Waals surface area contributed by atoms with Crippen LogP contribution in [0.2, 0.25) is 0 Å². The van der Waals surface area contributed by atoms with Crippen LogP contribution in [-0.4, -0.2) is 54.1 Å². The van der Waals surface area contributed by atoms with E-state index in [9.17, 15) is 14.7 Å². The van der Waals surface area contributed by atoms with Crippen molar-refractivity contribution in [3.05, 3.63) is 95.2 Å². The standard InChI is InChI=1S/C31H30N2O6/c1-4-39-21-11-9-19(10-12-21)29(34)27-28(24-14-13-22(37-2)17-26(24)38-3)33(31(36)30(27)35)16-15-20-18-32-25-8-6-5-7-23(20)25/h5-14,17-18,28,32,34H,4,15-16H2,1-3H3/b29-27+. The van der Waals surface area contributed by atoms with Crippen molar-refractivity contribution in [2.24, 2.45) is 0 Å². The minimum Gasteiger partial charge on any atom is -0.507 e. The number of fused-ring (bicyclic) bond motifs is 1. The molecule has 1 aliphatic rings. The molecule has 0 radical (unpaired) electrons. The second-order valence-corrected chi connectivity index (χ2v) is 9.17. The highest BCUT2D eigenvalue weighted by Gasteiger charge is 2.47. The zero-order valence-electron chi connectivity index (χ0n) is 22.1. The van der Waals surface area contributed by atoms with Crippen LogP contribution in [0, 0.1) is 0 Å². The van der Waals surface area contributed by atoms with Gasteiger partial charge in [-0.15, -0.1) is 0 Å². The number of hydrogen-bond donors (Lipinski definition) is 2. The summed E-state index contributed by atoms with van der Waals surface area (Å²) >= 11 is 0. The number of aromatic nitrogens is 1. The van der Waals surface area contributed by atoms with Gasteiger partial charge in [-0.3, -0.25) is 9.59 Å². The van der Waals surface area contributed by atoms with E-state index in [1.165, 1.54) is 12.0 Å². The van der Waals surface area contributed by atoms with Crippen LogP contribution in [-0.2, 0) is 16.0 Å². The van der Waals surface area contributed by atoms with Gasteiger partial charge in [0.05, 0.1) is 32.4 Å². The van der Waals surface area contributed by atoms with E-state index in [-0.39, 0.29) is 17.9 Å². The van der Waals surface area contributed by atoms with Gasteiger partial charge >= 0.3 is 0 Å². The lowest BCUT2D eigenvalue weighted by atomic mass is 9.94. The molecule has 1 aliphatic heterocycles. The summed E-state index contributed by atoms with van der Waals surface area (Å²) in [5, 5.41) is 12.5. The van der Waals surface area contributed by atoms with E-state index in [0.717, 1.165) is 16.5 Å². The molecule has 0 spiro atoms. The summed E-state index contributed by atoms with van der Waals surface area (Å²) in [6.45, 7) is 2.64. The molecule has 200 valence electrons. The van der Waals surface area contributed by atoms with Gasteiger partial charge in [0.25, 0.3) is 11.7 Å². The maximum atomic E-state index is 13.5. The minimum atomic E-state index is -0.859. The van der Waals surface area contributed by atoms with E-state index in [2.05, 4.69) is 4.98 Å². The molecule has 2 heterocycles. The van der Waals surface area contributed by atoms with Crippen molar-refractivity contribution >= 4 is 28.4 Å². The van der Waals surface area contributed by atoms with Gasteiger partial charge in [0, 0.05) is 40.8 Å². The SMILES string of the molecule is CCOc1ccc(/C(O)=C2\C(=O)C(=O)N(CCc3c[nH]c4ccccc34)C2c2ccc(OC)cc2OC)cc1. The normalized spacial score (nSPS) is 16.6. The number of carbonyl (C=O) groups is 2. The number of aliphatic hydroxyl groups is 1. The first-order valence-corrected chi connectivity index (χ1v) is 12.7. The second kappa shape index (κ2) is 10.9. The van der Waals surface area contributed by atoms with Gasteiger partial charge in [-0.05, 0) is 61.4 Å². The van der Waals surface area contributed by atoms with Gasteiger partial charge < -0.3 is 29.2 Å². The van der Waals surface area contributed by atoms with E-state index in [4.69, 9.17) is 14.2 Å². The molecule has 8 heteroatoms. The zero-order chi connectivity index (χ0) is 27.5. The number of carbonyl (C=O) groups excluding carboxylic acids is 2. The number of nitrogens with zero attached hydrogens (tertiary/aromatic N) is 1. The van der Waals surface area contributed by atoms with Crippen LogP contribution in [0.5, 0.6) is 17.2 Å². The number of aliphatic hydroxyl groups excluding tert-OH is 1. The second-order valence-electron chi connectivity index (χ2n) is 9.17. The summed E-state index contributed by atoms with van der Waals surface area (Å²) < 4.78 is 16.5. The molecule has 1 aromatic heterocycles. The Labute approximate surface area is 226 Å². The number of benzene rings is 3. The number of likely N-dealkylation sites (tertiary alicyclic amines) is 1. The molecule has 3 aromatic carbocycles. The average Bonchev–Trinajstić information content (AvgIpc) is 3.49. The monoisotopic (exact) mass is 526 g/mol. The lowest BCUT2D eigenvalue weighted by Gasteiger charge is -2.27. The van der Waals surface area contributed by atoms with Crippen LogP contribution < -0.4 is 14.2 Å². The van der Waals surface area contributed by atoms with E-state index < -0.39 is 17.7 Å². The van der Waals surface area contributed by atoms with Gasteiger partial charge in [-0.1, -0.05) is 18.2 Å². The molecule has 1 saturated heterocycles. The molecule has 0 aliphatic carbocycles. The van der Waals surface area contributed by atoms with Crippen LogP contribution in [0.15, 0.2) is 78.5 Å². The van der Waals surface area contributed by atoms with Crippen molar-refractivity contribution < 1.29 is 28.9 Å². The Kier molecular flexibility index (Phi) is 7.27. The molecule has 1 fully saturated rings. The predicted octanol–water partition coefficient (Wildman–Crippen LogP) is 5.25. The quantitative estimate of drug-likeness (QED) is 0.176. The van der Waals surface area contributed by atoms with Gasteiger partial charge in [0.1, 0.15) is 23.0 Å². The maximum absolute atomic E-state index is 13.5. The van der Waals surface area contributed by atoms with Crippen molar-refractivity contribution in [3.63, 3.8) is 0 Å². The van der Waals surface area contributed by atoms with E-state index in [1.807, 2.05) is 37.4 Å². The number of rotatable bonds is 9. The van der Waals surface area contributed by atoms with Crippen LogP contribution in [0.4, 0.5) is 0 Å². The summed E-state index contributed by atoms with van der Waals surface area (Å²) in [5.41, 5.74) is 3.01. The van der Waals surface area contributed by atoms with Crippen molar-refractivity contribution in [3.8, 4) is 17.2 Å². The fourth-order valence-electron chi connectivity index (χ4n) is 5.09. The third kappa shape index (κ3) is 4.81. The van der Waals surface area contributed by atoms with Crippen molar-refractivity contribution in [2.75, 3.05) is 27.4 Å². The molecule has 4 aromatic rings. The number of H-pyrrole nitrogens is 1. The Balaban J connectivity index is 1.59. The number of ether oxygens (including phenoxy) is 3. The Morgan fingerprint density at radius 2 is 1.72 bits per heavy atom. The molecule has 1 amide bonds. The zero-order valence-corrected chi connectivity index (χ0v) is 22.1. The minimum absolute atomic E-state index is 0.00607. The van der Waals surface area contributed by atoms with Crippen molar-refractivity contribution in [2.45, 2.75) is 19.4 Å². The first kappa shape index (κ1) is 25.9. The van der Waals surface area contributed by atoms with Crippen molar-refractivity contribution in [1.82, 2.24) is 9.88 Å². The molecule has 1 atom stereocenters. The Morgan fingerprint density at radius 3 is 2.44 bits per heavy atom. The first-order valence-electron chi connectivity index (χ1n) is 12.7. The summed E-state index contributed by atoms with van der Waals surface area (Å²) in [7, 11) is 3.07. The molecular formula is C31H30N2O6. The van der Waals surface area contributed by atoms with Crippen LogP contribution >= 0.6 is 0 Å².